The van der Waals surface area contributed by atoms with Gasteiger partial charge in [0, 0.05) is 24.2 Å². The number of pyridine rings is 2. The van der Waals surface area contributed by atoms with E-state index in [0.29, 0.717) is 5.92 Å². The third kappa shape index (κ3) is 2.72. The minimum atomic E-state index is 0.507. The predicted octanol–water partition coefficient (Wildman–Crippen LogP) is 4.46. The molecular weight excluding hydrogens is 258 g/mol. The van der Waals surface area contributed by atoms with Crippen molar-refractivity contribution in [2.45, 2.75) is 19.8 Å². The van der Waals surface area contributed by atoms with Crippen LogP contribution >= 0.6 is 0 Å². The van der Waals surface area contributed by atoms with Crippen molar-refractivity contribution >= 4 is 16.7 Å². The summed E-state index contributed by atoms with van der Waals surface area (Å²) < 4.78 is 0. The first-order valence-corrected chi connectivity index (χ1v) is 7.22. The molecule has 0 aliphatic rings. The largest absolute Gasteiger partial charge is 0.373 e. The SMILES string of the molecule is CNc1ccc2cc(-c3cc(C(C)C)ccn3)ccc2n1. The average molecular weight is 277 g/mol. The molecule has 3 aromatic rings. The molecule has 3 nitrogen and oxygen atoms in total. The van der Waals surface area contributed by atoms with Crippen LogP contribution in [0.3, 0.4) is 0 Å². The summed E-state index contributed by atoms with van der Waals surface area (Å²) in [5.74, 6) is 1.39. The van der Waals surface area contributed by atoms with Gasteiger partial charge in [0.05, 0.1) is 11.2 Å². The normalized spacial score (nSPS) is 11.0. The number of anilines is 1. The number of hydrogen-bond acceptors (Lipinski definition) is 3. The molecule has 2 heterocycles. The summed E-state index contributed by atoms with van der Waals surface area (Å²) in [6.07, 6.45) is 1.89. The maximum Gasteiger partial charge on any atom is 0.126 e. The molecule has 0 spiro atoms. The summed E-state index contributed by atoms with van der Waals surface area (Å²) >= 11 is 0. The molecule has 0 aliphatic carbocycles. The monoisotopic (exact) mass is 277 g/mol. The summed E-state index contributed by atoms with van der Waals surface area (Å²) in [7, 11) is 1.88. The Morgan fingerprint density at radius 1 is 1.00 bits per heavy atom. The van der Waals surface area contributed by atoms with Crippen LogP contribution in [0.1, 0.15) is 25.3 Å². The second-order valence-corrected chi connectivity index (χ2v) is 5.48. The van der Waals surface area contributed by atoms with Crippen LogP contribution in [0.5, 0.6) is 0 Å². The Bertz CT molecular complexity index is 778. The van der Waals surface area contributed by atoms with Gasteiger partial charge in [-0.05, 0) is 47.9 Å². The molecule has 0 unspecified atom stereocenters. The predicted molar refractivity (Wildman–Crippen MR) is 88.6 cm³/mol. The van der Waals surface area contributed by atoms with E-state index in [2.05, 4.69) is 65.5 Å². The van der Waals surface area contributed by atoms with Gasteiger partial charge < -0.3 is 5.32 Å². The molecule has 0 amide bonds. The van der Waals surface area contributed by atoms with E-state index in [1.54, 1.807) is 0 Å². The van der Waals surface area contributed by atoms with E-state index < -0.39 is 0 Å². The van der Waals surface area contributed by atoms with Gasteiger partial charge in [-0.3, -0.25) is 4.98 Å². The maximum absolute atomic E-state index is 4.54. The molecule has 3 heteroatoms. The highest BCUT2D eigenvalue weighted by Gasteiger charge is 2.05. The number of fused-ring (bicyclic) bond motifs is 1. The van der Waals surface area contributed by atoms with Crippen molar-refractivity contribution in [2.75, 3.05) is 12.4 Å². The van der Waals surface area contributed by atoms with Crippen LogP contribution in [0.25, 0.3) is 22.2 Å². The van der Waals surface area contributed by atoms with Gasteiger partial charge >= 0.3 is 0 Å². The van der Waals surface area contributed by atoms with Crippen LogP contribution in [-0.2, 0) is 0 Å². The number of nitrogens with one attached hydrogen (secondary N) is 1. The van der Waals surface area contributed by atoms with Crippen LogP contribution in [0, 0.1) is 0 Å². The smallest absolute Gasteiger partial charge is 0.126 e. The van der Waals surface area contributed by atoms with Crippen molar-refractivity contribution in [3.05, 3.63) is 54.2 Å². The second kappa shape index (κ2) is 5.52. The first kappa shape index (κ1) is 13.6. The topological polar surface area (TPSA) is 37.8 Å². The molecule has 0 saturated carbocycles. The highest BCUT2D eigenvalue weighted by molar-refractivity contribution is 5.85. The highest BCUT2D eigenvalue weighted by Crippen LogP contribution is 2.25. The van der Waals surface area contributed by atoms with Crippen molar-refractivity contribution in [1.82, 2.24) is 9.97 Å². The number of rotatable bonds is 3. The Morgan fingerprint density at radius 2 is 1.86 bits per heavy atom. The van der Waals surface area contributed by atoms with Crippen molar-refractivity contribution < 1.29 is 0 Å². The molecular formula is C18H19N3. The Balaban J connectivity index is 2.06. The first-order valence-electron chi connectivity index (χ1n) is 7.22. The quantitative estimate of drug-likeness (QED) is 0.768. The molecule has 1 aromatic carbocycles. The van der Waals surface area contributed by atoms with Crippen LogP contribution in [0.15, 0.2) is 48.7 Å². The minimum absolute atomic E-state index is 0.507. The summed E-state index contributed by atoms with van der Waals surface area (Å²) in [5.41, 5.74) is 4.44. The minimum Gasteiger partial charge on any atom is -0.373 e. The van der Waals surface area contributed by atoms with E-state index in [1.165, 1.54) is 5.56 Å². The molecule has 0 aliphatic heterocycles. The van der Waals surface area contributed by atoms with Crippen molar-refractivity contribution in [3.8, 4) is 11.3 Å². The van der Waals surface area contributed by atoms with Gasteiger partial charge in [0.1, 0.15) is 5.82 Å². The zero-order chi connectivity index (χ0) is 14.8. The lowest BCUT2D eigenvalue weighted by Gasteiger charge is -2.08. The zero-order valence-electron chi connectivity index (χ0n) is 12.6. The molecule has 3 rings (SSSR count). The van der Waals surface area contributed by atoms with Gasteiger partial charge in [-0.25, -0.2) is 4.98 Å². The Morgan fingerprint density at radius 3 is 2.62 bits per heavy atom. The van der Waals surface area contributed by atoms with Crippen LogP contribution in [0.2, 0.25) is 0 Å². The molecule has 106 valence electrons. The molecule has 1 N–H and O–H groups in total. The van der Waals surface area contributed by atoms with E-state index in [4.69, 9.17) is 0 Å². The molecule has 2 aromatic heterocycles. The standard InChI is InChI=1S/C18H19N3/c1-12(2)13-8-9-20-17(11-13)15-4-6-16-14(10-15)5-7-18(19-3)21-16/h4-12H,1-3H3,(H,19,21). The lowest BCUT2D eigenvalue weighted by atomic mass is 10.0. The summed E-state index contributed by atoms with van der Waals surface area (Å²) in [5, 5.41) is 4.19. The van der Waals surface area contributed by atoms with Crippen LogP contribution in [0.4, 0.5) is 5.82 Å². The number of hydrogen-bond donors (Lipinski definition) is 1. The first-order chi connectivity index (χ1) is 10.2. The summed E-state index contributed by atoms with van der Waals surface area (Å²) in [6.45, 7) is 4.39. The number of nitrogens with zero attached hydrogens (tertiary/aromatic N) is 2. The molecule has 0 saturated heterocycles. The highest BCUT2D eigenvalue weighted by atomic mass is 15.0. The third-order valence-corrected chi connectivity index (χ3v) is 3.69. The van der Waals surface area contributed by atoms with Gasteiger partial charge in [-0.1, -0.05) is 19.9 Å². The molecule has 0 radical (unpaired) electrons. The van der Waals surface area contributed by atoms with Gasteiger partial charge in [-0.15, -0.1) is 0 Å². The van der Waals surface area contributed by atoms with Gasteiger partial charge in [0.15, 0.2) is 0 Å². The van der Waals surface area contributed by atoms with E-state index in [0.717, 1.165) is 28.0 Å². The maximum atomic E-state index is 4.54. The fourth-order valence-electron chi connectivity index (χ4n) is 2.39. The fourth-order valence-corrected chi connectivity index (χ4v) is 2.39. The molecule has 0 atom stereocenters. The summed E-state index contributed by atoms with van der Waals surface area (Å²) in [4.78, 5) is 9.04. The van der Waals surface area contributed by atoms with E-state index in [9.17, 15) is 0 Å². The van der Waals surface area contributed by atoms with Crippen LogP contribution in [-0.4, -0.2) is 17.0 Å². The Hall–Kier alpha value is -2.42. The van der Waals surface area contributed by atoms with Gasteiger partial charge in [-0.2, -0.15) is 0 Å². The Kier molecular flexibility index (Phi) is 3.57. The molecule has 0 fully saturated rings. The molecule has 0 bridgehead atoms. The van der Waals surface area contributed by atoms with Gasteiger partial charge in [0.25, 0.3) is 0 Å². The number of benzene rings is 1. The van der Waals surface area contributed by atoms with Crippen LogP contribution < -0.4 is 5.32 Å². The average Bonchev–Trinajstić information content (AvgIpc) is 2.54. The third-order valence-electron chi connectivity index (χ3n) is 3.69. The van der Waals surface area contributed by atoms with E-state index in [-0.39, 0.29) is 0 Å². The molecule has 21 heavy (non-hydrogen) atoms. The zero-order valence-corrected chi connectivity index (χ0v) is 12.6. The summed E-state index contributed by atoms with van der Waals surface area (Å²) in [6, 6.07) is 14.6. The van der Waals surface area contributed by atoms with E-state index in [1.807, 2.05) is 19.3 Å². The van der Waals surface area contributed by atoms with Crippen molar-refractivity contribution in [1.29, 1.82) is 0 Å². The lowest BCUT2D eigenvalue weighted by Crippen LogP contribution is -1.93. The Labute approximate surface area is 125 Å². The van der Waals surface area contributed by atoms with Crippen molar-refractivity contribution in [3.63, 3.8) is 0 Å². The number of aromatic nitrogens is 2. The second-order valence-electron chi connectivity index (χ2n) is 5.48. The fraction of sp³-hybridized carbons (Fsp3) is 0.222. The van der Waals surface area contributed by atoms with E-state index >= 15 is 0 Å². The lowest BCUT2D eigenvalue weighted by molar-refractivity contribution is 0.864. The van der Waals surface area contributed by atoms with Gasteiger partial charge in [0.2, 0.25) is 0 Å². The van der Waals surface area contributed by atoms with Crippen molar-refractivity contribution in [2.24, 2.45) is 0 Å².